The second-order valence-corrected chi connectivity index (χ2v) is 3.40. The van der Waals surface area contributed by atoms with Crippen molar-refractivity contribution in [2.24, 2.45) is 5.73 Å². The van der Waals surface area contributed by atoms with Gasteiger partial charge in [0, 0.05) is 6.54 Å². The standard InChI is InChI=1S/C11H16N2O2/c12-10(11(14)15)6-7-13-8-9-4-2-1-3-5-9/h1-5,10,13H,6-8,12H2,(H,14,15)/t10-/m0/s1. The minimum Gasteiger partial charge on any atom is -0.480 e. The van der Waals surface area contributed by atoms with Gasteiger partial charge in [0.2, 0.25) is 0 Å². The molecule has 4 nitrogen and oxygen atoms in total. The highest BCUT2D eigenvalue weighted by atomic mass is 16.4. The van der Waals surface area contributed by atoms with E-state index in [4.69, 9.17) is 10.8 Å². The van der Waals surface area contributed by atoms with E-state index in [0.717, 1.165) is 6.54 Å². The number of benzene rings is 1. The molecule has 0 aliphatic carbocycles. The highest BCUT2D eigenvalue weighted by Gasteiger charge is 2.09. The first kappa shape index (κ1) is 11.7. The molecule has 1 aromatic rings. The molecule has 0 saturated heterocycles. The summed E-state index contributed by atoms with van der Waals surface area (Å²) in [6.45, 7) is 1.36. The van der Waals surface area contributed by atoms with Gasteiger partial charge < -0.3 is 16.2 Å². The summed E-state index contributed by atoms with van der Waals surface area (Å²) < 4.78 is 0. The molecular formula is C11H16N2O2. The van der Waals surface area contributed by atoms with Crippen LogP contribution >= 0.6 is 0 Å². The third kappa shape index (κ3) is 4.58. The lowest BCUT2D eigenvalue weighted by atomic mass is 10.2. The molecule has 0 heterocycles. The van der Waals surface area contributed by atoms with E-state index in [9.17, 15) is 4.79 Å². The molecule has 0 saturated carbocycles. The average molecular weight is 208 g/mol. The van der Waals surface area contributed by atoms with E-state index >= 15 is 0 Å². The van der Waals surface area contributed by atoms with Gasteiger partial charge >= 0.3 is 5.97 Å². The van der Waals surface area contributed by atoms with Gasteiger partial charge in [-0.05, 0) is 18.5 Å². The maximum Gasteiger partial charge on any atom is 0.320 e. The molecule has 0 fully saturated rings. The highest BCUT2D eigenvalue weighted by Crippen LogP contribution is 1.97. The van der Waals surface area contributed by atoms with E-state index < -0.39 is 12.0 Å². The number of carbonyl (C=O) groups is 1. The Balaban J connectivity index is 2.15. The third-order valence-electron chi connectivity index (χ3n) is 2.12. The first-order valence-electron chi connectivity index (χ1n) is 4.93. The Hall–Kier alpha value is -1.39. The van der Waals surface area contributed by atoms with Crippen molar-refractivity contribution in [1.82, 2.24) is 5.32 Å². The minimum absolute atomic E-state index is 0.447. The van der Waals surface area contributed by atoms with Gasteiger partial charge in [-0.25, -0.2) is 0 Å². The molecule has 82 valence electrons. The average Bonchev–Trinajstić information content (AvgIpc) is 2.25. The molecule has 0 unspecified atom stereocenters. The topological polar surface area (TPSA) is 75.3 Å². The van der Waals surface area contributed by atoms with Gasteiger partial charge in [-0.1, -0.05) is 30.3 Å². The molecule has 0 aliphatic rings. The molecular weight excluding hydrogens is 192 g/mol. The van der Waals surface area contributed by atoms with Crippen molar-refractivity contribution in [2.75, 3.05) is 6.54 Å². The van der Waals surface area contributed by atoms with Gasteiger partial charge in [0.25, 0.3) is 0 Å². The van der Waals surface area contributed by atoms with Crippen LogP contribution < -0.4 is 11.1 Å². The lowest BCUT2D eigenvalue weighted by molar-refractivity contribution is -0.138. The maximum absolute atomic E-state index is 10.4. The summed E-state index contributed by atoms with van der Waals surface area (Å²) in [7, 11) is 0. The number of nitrogens with two attached hydrogens (primary N) is 1. The number of rotatable bonds is 6. The molecule has 4 heteroatoms. The summed E-state index contributed by atoms with van der Waals surface area (Å²) in [6.07, 6.45) is 0.447. The fraction of sp³-hybridized carbons (Fsp3) is 0.364. The molecule has 0 aromatic heterocycles. The fourth-order valence-corrected chi connectivity index (χ4v) is 1.21. The molecule has 0 amide bonds. The van der Waals surface area contributed by atoms with E-state index in [2.05, 4.69) is 5.32 Å². The van der Waals surface area contributed by atoms with Crippen molar-refractivity contribution in [3.05, 3.63) is 35.9 Å². The van der Waals surface area contributed by atoms with Gasteiger partial charge in [-0.15, -0.1) is 0 Å². The quantitative estimate of drug-likeness (QED) is 0.598. The largest absolute Gasteiger partial charge is 0.480 e. The van der Waals surface area contributed by atoms with Crippen molar-refractivity contribution < 1.29 is 9.90 Å². The molecule has 15 heavy (non-hydrogen) atoms. The van der Waals surface area contributed by atoms with Crippen molar-refractivity contribution >= 4 is 5.97 Å². The first-order valence-corrected chi connectivity index (χ1v) is 4.93. The predicted octanol–water partition coefficient (Wildman–Crippen LogP) is 0.578. The summed E-state index contributed by atoms with van der Waals surface area (Å²) in [6, 6.07) is 9.17. The molecule has 0 radical (unpaired) electrons. The number of carboxylic acid groups (broad SMARTS) is 1. The highest BCUT2D eigenvalue weighted by molar-refractivity contribution is 5.72. The van der Waals surface area contributed by atoms with Gasteiger partial charge in [-0.3, -0.25) is 4.79 Å². The van der Waals surface area contributed by atoms with Gasteiger partial charge in [-0.2, -0.15) is 0 Å². The van der Waals surface area contributed by atoms with Gasteiger partial charge in [0.05, 0.1) is 0 Å². The Kier molecular flexibility index (Phi) is 4.80. The van der Waals surface area contributed by atoms with Crippen LogP contribution in [0.2, 0.25) is 0 Å². The van der Waals surface area contributed by atoms with Crippen LogP contribution in [0.3, 0.4) is 0 Å². The first-order chi connectivity index (χ1) is 7.20. The molecule has 0 spiro atoms. The van der Waals surface area contributed by atoms with Gasteiger partial charge in [0.15, 0.2) is 0 Å². The Morgan fingerprint density at radius 3 is 2.67 bits per heavy atom. The summed E-state index contributed by atoms with van der Waals surface area (Å²) in [5.41, 5.74) is 6.54. The van der Waals surface area contributed by atoms with Crippen LogP contribution in [0.25, 0.3) is 0 Å². The van der Waals surface area contributed by atoms with E-state index in [1.54, 1.807) is 0 Å². The maximum atomic E-state index is 10.4. The summed E-state index contributed by atoms with van der Waals surface area (Å²) >= 11 is 0. The van der Waals surface area contributed by atoms with Crippen LogP contribution in [-0.2, 0) is 11.3 Å². The second-order valence-electron chi connectivity index (χ2n) is 3.40. The lowest BCUT2D eigenvalue weighted by Gasteiger charge is -2.07. The Bertz CT molecular complexity index is 301. The molecule has 4 N–H and O–H groups in total. The van der Waals surface area contributed by atoms with Crippen molar-refractivity contribution in [2.45, 2.75) is 19.0 Å². The van der Waals surface area contributed by atoms with E-state index in [1.165, 1.54) is 5.56 Å². The zero-order valence-electron chi connectivity index (χ0n) is 8.52. The number of carboxylic acids is 1. The zero-order chi connectivity index (χ0) is 11.1. The van der Waals surface area contributed by atoms with Crippen molar-refractivity contribution in [3.63, 3.8) is 0 Å². The van der Waals surface area contributed by atoms with Crippen LogP contribution in [0.5, 0.6) is 0 Å². The minimum atomic E-state index is -0.948. The third-order valence-corrected chi connectivity index (χ3v) is 2.12. The fourth-order valence-electron chi connectivity index (χ4n) is 1.21. The number of hydrogen-bond acceptors (Lipinski definition) is 3. The zero-order valence-corrected chi connectivity index (χ0v) is 8.52. The molecule has 1 rings (SSSR count). The predicted molar refractivity (Wildman–Crippen MR) is 58.4 cm³/mol. The molecule has 0 bridgehead atoms. The molecule has 0 aliphatic heterocycles. The van der Waals surface area contributed by atoms with E-state index in [-0.39, 0.29) is 0 Å². The SMILES string of the molecule is N[C@@H](CCNCc1ccccc1)C(=O)O. The second kappa shape index (κ2) is 6.16. The van der Waals surface area contributed by atoms with Crippen molar-refractivity contribution in [3.8, 4) is 0 Å². The summed E-state index contributed by atoms with van der Waals surface area (Å²) in [5, 5.41) is 11.7. The number of nitrogens with one attached hydrogen (secondary N) is 1. The van der Waals surface area contributed by atoms with Gasteiger partial charge in [0.1, 0.15) is 6.04 Å². The monoisotopic (exact) mass is 208 g/mol. The van der Waals surface area contributed by atoms with Crippen LogP contribution in [-0.4, -0.2) is 23.7 Å². The van der Waals surface area contributed by atoms with Crippen LogP contribution in [0, 0.1) is 0 Å². The number of aliphatic carboxylic acids is 1. The van der Waals surface area contributed by atoms with Crippen LogP contribution in [0.15, 0.2) is 30.3 Å². The lowest BCUT2D eigenvalue weighted by Crippen LogP contribution is -2.33. The number of hydrogen-bond donors (Lipinski definition) is 3. The summed E-state index contributed by atoms with van der Waals surface area (Å²) in [4.78, 5) is 10.4. The summed E-state index contributed by atoms with van der Waals surface area (Å²) in [5.74, 6) is -0.948. The normalized spacial score (nSPS) is 12.3. The Labute approximate surface area is 89.1 Å². The van der Waals surface area contributed by atoms with Crippen LogP contribution in [0.1, 0.15) is 12.0 Å². The smallest absolute Gasteiger partial charge is 0.320 e. The van der Waals surface area contributed by atoms with Crippen molar-refractivity contribution in [1.29, 1.82) is 0 Å². The van der Waals surface area contributed by atoms with Crippen LogP contribution in [0.4, 0.5) is 0 Å². The molecule has 1 atom stereocenters. The Morgan fingerprint density at radius 1 is 1.40 bits per heavy atom. The Morgan fingerprint density at radius 2 is 2.07 bits per heavy atom. The van der Waals surface area contributed by atoms with E-state index in [1.807, 2.05) is 30.3 Å². The molecule has 1 aromatic carbocycles. The van der Waals surface area contributed by atoms with E-state index in [0.29, 0.717) is 13.0 Å².